The lowest BCUT2D eigenvalue weighted by molar-refractivity contribution is -0.118. The molecular formula is C11H17NO3. The monoisotopic (exact) mass is 211 g/mol. The SMILES string of the molecule is CCNC(=O)OC1/C=C/CC(=O)CCC1. The number of hydrogen-bond acceptors (Lipinski definition) is 3. The van der Waals surface area contributed by atoms with Crippen LogP contribution in [0, 0.1) is 0 Å². The van der Waals surface area contributed by atoms with Gasteiger partial charge in [0, 0.05) is 19.4 Å². The molecule has 4 heteroatoms. The Morgan fingerprint density at radius 3 is 3.20 bits per heavy atom. The summed E-state index contributed by atoms with van der Waals surface area (Å²) in [4.78, 5) is 22.2. The van der Waals surface area contributed by atoms with Crippen molar-refractivity contribution in [2.45, 2.75) is 38.7 Å². The van der Waals surface area contributed by atoms with Crippen LogP contribution in [0.2, 0.25) is 0 Å². The Kier molecular flexibility index (Phi) is 4.87. The van der Waals surface area contributed by atoms with E-state index in [0.29, 0.717) is 19.4 Å². The second kappa shape index (κ2) is 6.22. The molecule has 0 aromatic heterocycles. The van der Waals surface area contributed by atoms with Crippen molar-refractivity contribution in [2.75, 3.05) is 6.54 Å². The molecule has 0 spiro atoms. The van der Waals surface area contributed by atoms with E-state index in [0.717, 1.165) is 12.8 Å². The third-order valence-electron chi connectivity index (χ3n) is 2.22. The molecule has 1 atom stereocenters. The zero-order chi connectivity index (χ0) is 11.1. The van der Waals surface area contributed by atoms with Gasteiger partial charge in [0.1, 0.15) is 11.9 Å². The average Bonchev–Trinajstić information content (AvgIpc) is 2.14. The number of hydrogen-bond donors (Lipinski definition) is 1. The highest BCUT2D eigenvalue weighted by molar-refractivity contribution is 5.79. The number of rotatable bonds is 2. The number of carbonyl (C=O) groups is 2. The van der Waals surface area contributed by atoms with Gasteiger partial charge in [-0.2, -0.15) is 0 Å². The zero-order valence-corrected chi connectivity index (χ0v) is 8.99. The van der Waals surface area contributed by atoms with Crippen molar-refractivity contribution in [1.82, 2.24) is 5.32 Å². The number of Topliss-reactive ketones (excluding diaryl/α,β-unsaturated/α-hetero) is 1. The van der Waals surface area contributed by atoms with Gasteiger partial charge in [0.2, 0.25) is 0 Å². The second-order valence-corrected chi connectivity index (χ2v) is 3.54. The summed E-state index contributed by atoms with van der Waals surface area (Å²) in [6.07, 6.45) is 5.54. The highest BCUT2D eigenvalue weighted by atomic mass is 16.6. The topological polar surface area (TPSA) is 55.4 Å². The smallest absolute Gasteiger partial charge is 0.407 e. The Balaban J connectivity index is 2.40. The van der Waals surface area contributed by atoms with Gasteiger partial charge < -0.3 is 10.1 Å². The molecular weight excluding hydrogens is 194 g/mol. The molecule has 0 radical (unpaired) electrons. The summed E-state index contributed by atoms with van der Waals surface area (Å²) in [6, 6.07) is 0. The molecule has 1 aliphatic carbocycles. The number of amides is 1. The number of allylic oxidation sites excluding steroid dienone is 1. The van der Waals surface area contributed by atoms with Gasteiger partial charge in [-0.1, -0.05) is 6.08 Å². The minimum absolute atomic E-state index is 0.190. The van der Waals surface area contributed by atoms with Crippen LogP contribution in [0.25, 0.3) is 0 Å². The minimum Gasteiger partial charge on any atom is -0.442 e. The van der Waals surface area contributed by atoms with E-state index in [-0.39, 0.29) is 18.0 Å². The molecule has 0 bridgehead atoms. The van der Waals surface area contributed by atoms with Gasteiger partial charge in [0.25, 0.3) is 0 Å². The Morgan fingerprint density at radius 2 is 2.47 bits per heavy atom. The molecule has 1 aliphatic rings. The number of ketones is 1. The van der Waals surface area contributed by atoms with Crippen molar-refractivity contribution in [3.8, 4) is 0 Å². The van der Waals surface area contributed by atoms with Crippen LogP contribution in [0.4, 0.5) is 4.79 Å². The second-order valence-electron chi connectivity index (χ2n) is 3.54. The summed E-state index contributed by atoms with van der Waals surface area (Å²) in [7, 11) is 0. The van der Waals surface area contributed by atoms with Gasteiger partial charge in [-0.15, -0.1) is 0 Å². The van der Waals surface area contributed by atoms with Crippen LogP contribution >= 0.6 is 0 Å². The van der Waals surface area contributed by atoms with Crippen LogP contribution in [0.1, 0.15) is 32.6 Å². The summed E-state index contributed by atoms with van der Waals surface area (Å²) in [5, 5.41) is 2.58. The fraction of sp³-hybridized carbons (Fsp3) is 0.636. The molecule has 1 rings (SSSR count). The van der Waals surface area contributed by atoms with Gasteiger partial charge in [-0.05, 0) is 25.8 Å². The van der Waals surface area contributed by atoms with Crippen LogP contribution in [-0.4, -0.2) is 24.5 Å². The standard InChI is InChI=1S/C11H17NO3/c1-2-12-11(14)15-10-7-3-5-9(13)6-4-8-10/h3,7,10H,2,4-6,8H2,1H3,(H,12,14)/b7-3+. The van der Waals surface area contributed by atoms with E-state index in [1.165, 1.54) is 0 Å². The van der Waals surface area contributed by atoms with Gasteiger partial charge in [0.15, 0.2) is 0 Å². The fourth-order valence-corrected chi connectivity index (χ4v) is 1.47. The predicted molar refractivity (Wildman–Crippen MR) is 56.6 cm³/mol. The van der Waals surface area contributed by atoms with Crippen LogP contribution < -0.4 is 5.32 Å². The van der Waals surface area contributed by atoms with E-state index in [2.05, 4.69) is 5.32 Å². The Bertz CT molecular complexity index is 261. The molecule has 84 valence electrons. The molecule has 0 fully saturated rings. The van der Waals surface area contributed by atoms with Crippen LogP contribution in [0.15, 0.2) is 12.2 Å². The first-order valence-corrected chi connectivity index (χ1v) is 5.35. The molecule has 1 amide bonds. The maximum atomic E-state index is 11.1. The normalized spacial score (nSPS) is 23.8. The lowest BCUT2D eigenvalue weighted by atomic mass is 10.0. The molecule has 1 N–H and O–H groups in total. The highest BCUT2D eigenvalue weighted by Crippen LogP contribution is 2.12. The zero-order valence-electron chi connectivity index (χ0n) is 8.99. The fourth-order valence-electron chi connectivity index (χ4n) is 1.47. The molecule has 0 saturated heterocycles. The minimum atomic E-state index is -0.390. The van der Waals surface area contributed by atoms with Crippen molar-refractivity contribution in [1.29, 1.82) is 0 Å². The first kappa shape index (κ1) is 11.8. The Morgan fingerprint density at radius 1 is 1.67 bits per heavy atom. The molecule has 15 heavy (non-hydrogen) atoms. The molecule has 0 heterocycles. The van der Waals surface area contributed by atoms with E-state index in [1.54, 1.807) is 12.2 Å². The van der Waals surface area contributed by atoms with Crippen molar-refractivity contribution < 1.29 is 14.3 Å². The van der Waals surface area contributed by atoms with E-state index < -0.39 is 0 Å². The van der Waals surface area contributed by atoms with Gasteiger partial charge in [-0.3, -0.25) is 4.79 Å². The van der Waals surface area contributed by atoms with E-state index >= 15 is 0 Å². The maximum absolute atomic E-state index is 11.1. The van der Waals surface area contributed by atoms with E-state index in [1.807, 2.05) is 6.92 Å². The van der Waals surface area contributed by atoms with Crippen molar-refractivity contribution >= 4 is 11.9 Å². The summed E-state index contributed by atoms with van der Waals surface area (Å²) in [5.74, 6) is 0.253. The number of alkyl carbamates (subject to hydrolysis) is 1. The summed E-state index contributed by atoms with van der Waals surface area (Å²) in [5.41, 5.74) is 0. The Labute approximate surface area is 89.7 Å². The summed E-state index contributed by atoms with van der Waals surface area (Å²) in [6.45, 7) is 2.40. The van der Waals surface area contributed by atoms with Gasteiger partial charge in [-0.25, -0.2) is 4.79 Å². The third kappa shape index (κ3) is 4.63. The average molecular weight is 211 g/mol. The van der Waals surface area contributed by atoms with Crippen LogP contribution in [0.3, 0.4) is 0 Å². The largest absolute Gasteiger partial charge is 0.442 e. The van der Waals surface area contributed by atoms with Crippen molar-refractivity contribution in [3.05, 3.63) is 12.2 Å². The van der Waals surface area contributed by atoms with E-state index in [4.69, 9.17) is 4.74 Å². The molecule has 0 saturated carbocycles. The number of ether oxygens (including phenoxy) is 1. The Hall–Kier alpha value is -1.32. The number of carbonyl (C=O) groups excluding carboxylic acids is 2. The summed E-state index contributed by atoms with van der Waals surface area (Å²) < 4.78 is 5.15. The quantitative estimate of drug-likeness (QED) is 0.708. The van der Waals surface area contributed by atoms with Crippen LogP contribution in [0.5, 0.6) is 0 Å². The predicted octanol–water partition coefficient (Wildman–Crippen LogP) is 1.80. The lowest BCUT2D eigenvalue weighted by Gasteiger charge is -2.15. The van der Waals surface area contributed by atoms with Crippen molar-refractivity contribution in [2.24, 2.45) is 0 Å². The maximum Gasteiger partial charge on any atom is 0.407 e. The third-order valence-corrected chi connectivity index (χ3v) is 2.22. The van der Waals surface area contributed by atoms with Gasteiger partial charge >= 0.3 is 6.09 Å². The molecule has 0 aromatic rings. The molecule has 0 aliphatic heterocycles. The molecule has 1 unspecified atom stereocenters. The highest BCUT2D eigenvalue weighted by Gasteiger charge is 2.13. The summed E-state index contributed by atoms with van der Waals surface area (Å²) >= 11 is 0. The van der Waals surface area contributed by atoms with Crippen molar-refractivity contribution in [3.63, 3.8) is 0 Å². The first-order chi connectivity index (χ1) is 7.22. The van der Waals surface area contributed by atoms with Gasteiger partial charge in [0.05, 0.1) is 0 Å². The lowest BCUT2D eigenvalue weighted by Crippen LogP contribution is -2.28. The molecule has 0 aromatic carbocycles. The molecule has 4 nitrogen and oxygen atoms in total. The van der Waals surface area contributed by atoms with E-state index in [9.17, 15) is 9.59 Å². The van der Waals surface area contributed by atoms with Crippen LogP contribution in [-0.2, 0) is 9.53 Å². The number of nitrogens with one attached hydrogen (secondary N) is 1. The first-order valence-electron chi connectivity index (χ1n) is 5.35.